The van der Waals surface area contributed by atoms with Gasteiger partial charge in [-0.15, -0.1) is 55.1 Å². The first-order valence-corrected chi connectivity index (χ1v) is 19.7. The van der Waals surface area contributed by atoms with Crippen LogP contribution in [0.25, 0.3) is 0 Å². The van der Waals surface area contributed by atoms with Gasteiger partial charge in [-0.1, -0.05) is 12.1 Å². The number of hydrogen-bond acceptors (Lipinski definition) is 0. The van der Waals surface area contributed by atoms with Crippen molar-refractivity contribution in [3.63, 3.8) is 0 Å². The summed E-state index contributed by atoms with van der Waals surface area (Å²) >= 11 is 16.0. The third kappa shape index (κ3) is 6.99. The molecule has 0 radical (unpaired) electrons. The fraction of sp³-hybridized carbons (Fsp3) is 0.0625. The molecule has 25 heteroatoms. The number of aryl methyl sites for hydroxylation is 1. The lowest BCUT2D eigenvalue weighted by molar-refractivity contribution is -0.255. The van der Waals surface area contributed by atoms with E-state index in [4.69, 9.17) is 33.2 Å². The topological polar surface area (TPSA) is 27.6 Å². The molecule has 1 nitrogen and oxygen atoms in total. The third-order valence-electron chi connectivity index (χ3n) is 8.76. The van der Waals surface area contributed by atoms with E-state index in [1.807, 2.05) is 12.1 Å². The van der Waals surface area contributed by atoms with Crippen LogP contribution in [0, 0.1) is 124 Å². The van der Waals surface area contributed by atoms with Gasteiger partial charge in [-0.05, 0) is 25.5 Å². The highest BCUT2D eigenvalue weighted by Crippen LogP contribution is 2.31. The van der Waals surface area contributed by atoms with Crippen LogP contribution in [0.1, 0.15) is 11.1 Å². The van der Waals surface area contributed by atoms with Crippen molar-refractivity contribution < 1.29 is 89.2 Å². The van der Waals surface area contributed by atoms with Crippen LogP contribution in [0.4, 0.5) is 89.1 Å². The summed E-state index contributed by atoms with van der Waals surface area (Å²) in [4.78, 5) is 0. The third-order valence-corrected chi connectivity index (χ3v) is 11.5. The Hall–Kier alpha value is -4.12. The lowest BCUT2D eigenvalue weighted by Gasteiger charge is -2.45. The number of rotatable bonds is 5. The van der Waals surface area contributed by atoms with Crippen molar-refractivity contribution in [2.75, 3.05) is 0 Å². The van der Waals surface area contributed by atoms with Crippen molar-refractivity contribution in [2.45, 2.75) is 13.8 Å². The molecule has 306 valence electrons. The average Bonchev–Trinajstić information content (AvgIpc) is 3.14. The SMILES string of the molecule is Cc1cccc([NH3+])c1C.Fc1c(F)c(F)c([B-](c2c(F)c(F)c(F)c(F)c2F)(c2c(F)c(F)c(F)c(F)c2F)c2c(F)c(F)c([Si](Cl)(Cl)Cl)c(F)c2F)c(F)c1F. The summed E-state index contributed by atoms with van der Waals surface area (Å²) in [6.45, 7) is 4.20. The second kappa shape index (κ2) is 15.9. The van der Waals surface area contributed by atoms with Gasteiger partial charge in [0.15, 0.2) is 64.0 Å². The van der Waals surface area contributed by atoms with Crippen LogP contribution in [-0.2, 0) is 0 Å². The molecule has 0 fully saturated rings. The van der Waals surface area contributed by atoms with Crippen LogP contribution < -0.4 is 32.8 Å². The maximum Gasteiger partial charge on any atom is 0.379 e. The van der Waals surface area contributed by atoms with Crippen LogP contribution in [0.2, 0.25) is 0 Å². The molecular formula is C32H12BCl3F19NSi. The van der Waals surface area contributed by atoms with Crippen LogP contribution in [0.15, 0.2) is 18.2 Å². The zero-order valence-corrected chi connectivity index (χ0v) is 30.6. The molecule has 3 N–H and O–H groups in total. The van der Waals surface area contributed by atoms with E-state index in [9.17, 15) is 39.5 Å². The van der Waals surface area contributed by atoms with Crippen LogP contribution in [0.5, 0.6) is 0 Å². The summed E-state index contributed by atoms with van der Waals surface area (Å²) in [7, 11) is 0. The van der Waals surface area contributed by atoms with E-state index in [0.29, 0.717) is 0 Å². The van der Waals surface area contributed by atoms with Crippen molar-refractivity contribution in [1.29, 1.82) is 0 Å². The largest absolute Gasteiger partial charge is 0.379 e. The summed E-state index contributed by atoms with van der Waals surface area (Å²) < 4.78 is 286. The molecule has 0 aliphatic carbocycles. The predicted octanol–water partition coefficient (Wildman–Crippen LogP) is 7.75. The summed E-state index contributed by atoms with van der Waals surface area (Å²) in [5.74, 6) is -66.7. The second-order valence-electron chi connectivity index (χ2n) is 11.7. The summed E-state index contributed by atoms with van der Waals surface area (Å²) in [5.41, 5.74) is -6.50. The standard InChI is InChI=1S/C24BCl3F19Si.C8H11N/c26-48(27,28)24-22(46)11(35)4(12(36)23(24)47)25(1-5(29)13(37)19(43)14(38)6(1)30,2-7(31)15(39)20(44)16(40)8(2)32)3-9(33)17(41)21(45)18(42)10(3)34;1-6-4-3-5-8(9)7(6)2/h;3-5H,9H2,1-2H3/q-1;/p+1. The molecule has 0 amide bonds. The summed E-state index contributed by atoms with van der Waals surface area (Å²) in [6, 6.07) is 0.758. The summed E-state index contributed by atoms with van der Waals surface area (Å²) in [6.07, 6.45) is -7.20. The minimum atomic E-state index is -7.20. The molecule has 0 bridgehead atoms. The van der Waals surface area contributed by atoms with E-state index in [1.54, 1.807) is 0 Å². The molecular weight excluding hydrogens is 905 g/mol. The van der Waals surface area contributed by atoms with Crippen LogP contribution >= 0.6 is 33.2 Å². The van der Waals surface area contributed by atoms with E-state index >= 15 is 43.9 Å². The zero-order valence-electron chi connectivity index (χ0n) is 27.3. The summed E-state index contributed by atoms with van der Waals surface area (Å²) in [5, 5.41) is -2.33. The Labute approximate surface area is 320 Å². The maximum absolute atomic E-state index is 16.0. The van der Waals surface area contributed by atoms with E-state index in [2.05, 4.69) is 25.6 Å². The van der Waals surface area contributed by atoms with E-state index in [-0.39, 0.29) is 0 Å². The fourth-order valence-electron chi connectivity index (χ4n) is 5.96. The van der Waals surface area contributed by atoms with Crippen molar-refractivity contribution >= 4 is 78.1 Å². The molecule has 5 rings (SSSR count). The normalized spacial score (nSPS) is 11.9. The Kier molecular flexibility index (Phi) is 12.7. The van der Waals surface area contributed by atoms with Crippen molar-refractivity contribution in [3.8, 4) is 0 Å². The Morgan fingerprint density at radius 2 is 0.614 bits per heavy atom. The van der Waals surface area contributed by atoms with Gasteiger partial charge in [0, 0.05) is 5.56 Å². The van der Waals surface area contributed by atoms with Gasteiger partial charge in [0.2, 0.25) is 0 Å². The molecule has 57 heavy (non-hydrogen) atoms. The van der Waals surface area contributed by atoms with Gasteiger partial charge in [0.25, 0.3) is 0 Å². The predicted molar refractivity (Wildman–Crippen MR) is 171 cm³/mol. The Balaban J connectivity index is 0.000000702. The molecule has 0 heterocycles. The second-order valence-corrected chi connectivity index (χ2v) is 20.1. The van der Waals surface area contributed by atoms with Crippen molar-refractivity contribution in [2.24, 2.45) is 0 Å². The van der Waals surface area contributed by atoms with Gasteiger partial charge in [0.05, 0.1) is 5.19 Å². The molecule has 0 unspecified atom stereocenters. The molecule has 0 saturated heterocycles. The molecule has 0 saturated carbocycles. The minimum Gasteiger partial charge on any atom is -0.325 e. The molecule has 0 aliphatic heterocycles. The van der Waals surface area contributed by atoms with E-state index in [1.165, 1.54) is 11.1 Å². The molecule has 0 atom stereocenters. The Morgan fingerprint density at radius 3 is 0.825 bits per heavy atom. The van der Waals surface area contributed by atoms with Gasteiger partial charge in [-0.25, -0.2) is 83.4 Å². The quantitative estimate of drug-likeness (QED) is 0.0615. The molecule has 5 aromatic rings. The van der Waals surface area contributed by atoms with Gasteiger partial charge < -0.3 is 5.73 Å². The smallest absolute Gasteiger partial charge is 0.325 e. The number of quaternary nitrogens is 1. The maximum atomic E-state index is 16.0. The lowest BCUT2D eigenvalue weighted by Crippen LogP contribution is -2.81. The highest BCUT2D eigenvalue weighted by molar-refractivity contribution is 7.69. The number of halogens is 22. The highest BCUT2D eigenvalue weighted by atomic mass is 35.8. The highest BCUT2D eigenvalue weighted by Gasteiger charge is 2.53. The van der Waals surface area contributed by atoms with E-state index in [0.717, 1.165) is 5.69 Å². The van der Waals surface area contributed by atoms with Gasteiger partial charge in [0.1, 0.15) is 58.4 Å². The van der Waals surface area contributed by atoms with Gasteiger partial charge in [-0.3, -0.25) is 0 Å². The first-order chi connectivity index (χ1) is 26.1. The van der Waals surface area contributed by atoms with Crippen molar-refractivity contribution in [3.05, 3.63) is 140 Å². The Morgan fingerprint density at radius 1 is 0.386 bits per heavy atom. The monoisotopic (exact) mass is 915 g/mol. The number of benzene rings is 5. The molecule has 5 aromatic carbocycles. The van der Waals surface area contributed by atoms with Crippen LogP contribution in [-0.4, -0.2) is 12.1 Å². The molecule has 0 aromatic heterocycles. The first-order valence-electron chi connectivity index (χ1n) is 14.7. The van der Waals surface area contributed by atoms with Gasteiger partial charge >= 0.3 is 6.00 Å². The molecule has 0 spiro atoms. The fourth-order valence-corrected chi connectivity index (χ4v) is 8.17. The Bertz CT molecular complexity index is 2210. The average molecular weight is 917 g/mol. The molecule has 0 aliphatic rings. The number of hydrogen-bond donors (Lipinski definition) is 1. The lowest BCUT2D eigenvalue weighted by atomic mass is 9.12. The minimum absolute atomic E-state index is 1.13. The van der Waals surface area contributed by atoms with Crippen molar-refractivity contribution in [1.82, 2.24) is 0 Å². The first kappa shape index (κ1) is 45.6. The van der Waals surface area contributed by atoms with Gasteiger partial charge in [-0.2, -0.15) is 0 Å². The van der Waals surface area contributed by atoms with Crippen LogP contribution in [0.3, 0.4) is 0 Å². The van der Waals surface area contributed by atoms with E-state index < -0.39 is 150 Å². The zero-order chi connectivity index (χ0) is 43.7.